The number of rotatable bonds is 1. The molecule has 6 nitrogen and oxygen atoms in total. The highest BCUT2D eigenvalue weighted by atomic mass is 32.2. The first-order valence-corrected chi connectivity index (χ1v) is 11.4. The van der Waals surface area contributed by atoms with E-state index in [4.69, 9.17) is 9.47 Å². The Morgan fingerprint density at radius 2 is 2.07 bits per heavy atom. The van der Waals surface area contributed by atoms with Gasteiger partial charge in [0.1, 0.15) is 6.10 Å². The van der Waals surface area contributed by atoms with Crippen molar-refractivity contribution in [1.29, 1.82) is 0 Å². The molecule has 29 heavy (non-hydrogen) atoms. The van der Waals surface area contributed by atoms with Crippen LogP contribution in [-0.4, -0.2) is 46.1 Å². The highest BCUT2D eigenvalue weighted by Gasteiger charge is 2.49. The van der Waals surface area contributed by atoms with Crippen LogP contribution < -0.4 is 5.32 Å². The molecule has 0 aromatic rings. The van der Waals surface area contributed by atoms with E-state index in [-0.39, 0.29) is 23.7 Å². The average molecular weight is 422 g/mol. The maximum absolute atomic E-state index is 12.4. The second-order valence-corrected chi connectivity index (χ2v) is 9.27. The van der Waals surface area contributed by atoms with Gasteiger partial charge in [-0.2, -0.15) is 0 Å². The Kier molecular flexibility index (Phi) is 7.60. The molecule has 0 aliphatic carbocycles. The molecule has 0 saturated carbocycles. The van der Waals surface area contributed by atoms with E-state index >= 15 is 0 Å². The molecular formula is C22H31NO5S. The zero-order valence-corrected chi connectivity index (χ0v) is 18.0. The van der Waals surface area contributed by atoms with Gasteiger partial charge in [0, 0.05) is 24.7 Å². The molecule has 7 heteroatoms. The molecular weight excluding hydrogens is 390 g/mol. The molecule has 2 fully saturated rings. The van der Waals surface area contributed by atoms with Crippen molar-refractivity contribution >= 4 is 23.0 Å². The van der Waals surface area contributed by atoms with Crippen LogP contribution in [0.2, 0.25) is 0 Å². The summed E-state index contributed by atoms with van der Waals surface area (Å²) in [5, 5.41) is 13.8. The number of allylic oxidation sites excluding steroid dienone is 5. The normalized spacial score (nSPS) is 41.0. The number of carbonyl (C=O) groups excluding carboxylic acids is 2. The summed E-state index contributed by atoms with van der Waals surface area (Å²) < 4.78 is 11.8. The Morgan fingerprint density at radius 3 is 2.83 bits per heavy atom. The third kappa shape index (κ3) is 6.46. The Labute approximate surface area is 176 Å². The van der Waals surface area contributed by atoms with E-state index in [2.05, 4.69) is 30.5 Å². The van der Waals surface area contributed by atoms with Crippen molar-refractivity contribution in [3.63, 3.8) is 0 Å². The van der Waals surface area contributed by atoms with E-state index in [0.717, 1.165) is 43.0 Å². The van der Waals surface area contributed by atoms with Gasteiger partial charge in [0.25, 0.3) is 5.24 Å². The van der Waals surface area contributed by atoms with Gasteiger partial charge in [-0.1, -0.05) is 48.6 Å². The maximum Gasteiger partial charge on any atom is 0.330 e. The number of esters is 1. The van der Waals surface area contributed by atoms with Crippen molar-refractivity contribution in [2.75, 3.05) is 5.75 Å². The minimum atomic E-state index is -1.53. The van der Waals surface area contributed by atoms with Crippen LogP contribution in [0, 0.1) is 5.92 Å². The number of amides is 1. The zero-order chi connectivity index (χ0) is 20.9. The summed E-state index contributed by atoms with van der Waals surface area (Å²) in [6.07, 6.45) is 13.2. The molecule has 3 aliphatic rings. The summed E-state index contributed by atoms with van der Waals surface area (Å²) in [5.41, 5.74) is 0.961. The minimum Gasteiger partial charge on any atom is -0.459 e. The number of hydrogen-bond acceptors (Lipinski definition) is 6. The van der Waals surface area contributed by atoms with E-state index in [0.29, 0.717) is 18.1 Å². The van der Waals surface area contributed by atoms with Crippen LogP contribution in [0.15, 0.2) is 36.0 Å². The van der Waals surface area contributed by atoms with Crippen LogP contribution in [0.3, 0.4) is 0 Å². The molecule has 0 aromatic heterocycles. The first-order valence-electron chi connectivity index (χ1n) is 10.4. The van der Waals surface area contributed by atoms with E-state index < -0.39 is 17.9 Å². The van der Waals surface area contributed by atoms with Crippen LogP contribution >= 0.6 is 11.8 Å². The molecule has 3 aliphatic heterocycles. The molecule has 2 bridgehead atoms. The van der Waals surface area contributed by atoms with Gasteiger partial charge in [-0.15, -0.1) is 0 Å². The van der Waals surface area contributed by atoms with Crippen LogP contribution in [0.5, 0.6) is 0 Å². The molecule has 3 rings (SSSR count). The first-order chi connectivity index (χ1) is 13.8. The molecule has 5 atom stereocenters. The lowest BCUT2D eigenvalue weighted by Crippen LogP contribution is -2.58. The number of aliphatic hydroxyl groups is 1. The smallest absolute Gasteiger partial charge is 0.330 e. The summed E-state index contributed by atoms with van der Waals surface area (Å²) in [6.45, 7) is 4.07. The summed E-state index contributed by atoms with van der Waals surface area (Å²) >= 11 is 1.14. The predicted octanol–water partition coefficient (Wildman–Crippen LogP) is 3.86. The fourth-order valence-corrected chi connectivity index (χ4v) is 4.85. The fraction of sp³-hybridized carbons (Fsp3) is 0.636. The van der Waals surface area contributed by atoms with Gasteiger partial charge >= 0.3 is 5.97 Å². The highest BCUT2D eigenvalue weighted by molar-refractivity contribution is 8.14. The summed E-state index contributed by atoms with van der Waals surface area (Å²) in [6, 6.07) is -0.505. The highest BCUT2D eigenvalue weighted by Crippen LogP contribution is 2.36. The molecule has 3 heterocycles. The molecule has 2 unspecified atom stereocenters. The van der Waals surface area contributed by atoms with Crippen LogP contribution in [0.25, 0.3) is 0 Å². The zero-order valence-electron chi connectivity index (χ0n) is 17.1. The lowest BCUT2D eigenvalue weighted by Gasteiger charge is -2.43. The lowest BCUT2D eigenvalue weighted by molar-refractivity contribution is -0.283. The van der Waals surface area contributed by atoms with Gasteiger partial charge in [0.2, 0.25) is 0 Å². The largest absolute Gasteiger partial charge is 0.459 e. The van der Waals surface area contributed by atoms with Crippen LogP contribution in [0.1, 0.15) is 52.4 Å². The standard InChI is InChI=1S/C22H31NO5S/c1-15-7-5-3-4-6-8-16(2)11-20(24)27-18-12-17(10-9-15)28-22(26,13-18)19-14-29-21(25)23-19/h3-5,7,11,15,17-19,26H,6,8-10,12-14H2,1-2H3,(H,23,25)/b4-3+,7-5-,16-11-/t15-,17?,18?,19+,22-/m1/s1. The number of carbonyl (C=O) groups is 2. The van der Waals surface area contributed by atoms with Crippen molar-refractivity contribution < 1.29 is 24.2 Å². The molecule has 0 aromatic carbocycles. The third-order valence-corrected chi connectivity index (χ3v) is 6.50. The van der Waals surface area contributed by atoms with Crippen molar-refractivity contribution in [1.82, 2.24) is 5.32 Å². The van der Waals surface area contributed by atoms with Crippen molar-refractivity contribution in [3.8, 4) is 0 Å². The van der Waals surface area contributed by atoms with Gasteiger partial charge in [-0.05, 0) is 38.5 Å². The fourth-order valence-electron chi connectivity index (χ4n) is 3.96. The Bertz CT molecular complexity index is 703. The molecule has 0 radical (unpaired) electrons. The Hall–Kier alpha value is -1.57. The van der Waals surface area contributed by atoms with Crippen molar-refractivity contribution in [2.45, 2.75) is 76.4 Å². The van der Waals surface area contributed by atoms with Crippen LogP contribution in [-0.2, 0) is 14.3 Å². The number of nitrogens with one attached hydrogen (secondary N) is 1. The van der Waals surface area contributed by atoms with Crippen LogP contribution in [0.4, 0.5) is 4.79 Å². The summed E-state index contributed by atoms with van der Waals surface area (Å²) in [5.74, 6) is -1.10. The average Bonchev–Trinajstić information content (AvgIpc) is 3.09. The Balaban J connectivity index is 1.78. The minimum absolute atomic E-state index is 0.159. The van der Waals surface area contributed by atoms with Gasteiger partial charge in [-0.3, -0.25) is 4.79 Å². The second kappa shape index (κ2) is 9.96. The van der Waals surface area contributed by atoms with E-state index in [9.17, 15) is 14.7 Å². The Morgan fingerprint density at radius 1 is 1.24 bits per heavy atom. The number of hydrogen-bond donors (Lipinski definition) is 2. The second-order valence-electron chi connectivity index (χ2n) is 8.28. The predicted molar refractivity (Wildman–Crippen MR) is 113 cm³/mol. The first kappa shape index (κ1) is 22.1. The monoisotopic (exact) mass is 421 g/mol. The SMILES string of the molecule is C/C1=C/C(=O)OC2CC(CC[C@H](C)/C=C\C=C\CC1)O[C@@](O)([C@@H]1CSC(=O)N1)C2. The van der Waals surface area contributed by atoms with E-state index in [1.165, 1.54) is 6.08 Å². The third-order valence-electron chi connectivity index (χ3n) is 5.62. The number of fused-ring (bicyclic) bond motifs is 2. The maximum atomic E-state index is 12.4. The van der Waals surface area contributed by atoms with Gasteiger partial charge < -0.3 is 19.9 Å². The van der Waals surface area contributed by atoms with E-state index in [1.54, 1.807) is 0 Å². The lowest BCUT2D eigenvalue weighted by atomic mass is 9.90. The van der Waals surface area contributed by atoms with Gasteiger partial charge in [-0.25, -0.2) is 4.79 Å². The molecule has 0 spiro atoms. The van der Waals surface area contributed by atoms with Crippen molar-refractivity contribution in [3.05, 3.63) is 36.0 Å². The quantitative estimate of drug-likeness (QED) is 0.626. The van der Waals surface area contributed by atoms with Crippen molar-refractivity contribution in [2.24, 2.45) is 5.92 Å². The molecule has 160 valence electrons. The topological polar surface area (TPSA) is 84.9 Å². The summed E-state index contributed by atoms with van der Waals surface area (Å²) in [4.78, 5) is 24.0. The molecule has 2 N–H and O–H groups in total. The van der Waals surface area contributed by atoms with Gasteiger partial charge in [0.05, 0.1) is 12.1 Å². The molecule has 2 saturated heterocycles. The summed E-state index contributed by atoms with van der Waals surface area (Å²) in [7, 11) is 0. The number of ether oxygens (including phenoxy) is 2. The molecule has 1 amide bonds. The number of thioether (sulfide) groups is 1. The van der Waals surface area contributed by atoms with Gasteiger partial charge in [0.15, 0.2) is 5.79 Å². The van der Waals surface area contributed by atoms with E-state index in [1.807, 2.05) is 13.0 Å².